The molecule has 5 rings (SSSR count). The predicted octanol–water partition coefficient (Wildman–Crippen LogP) is 3.54. The molecule has 5 nitrogen and oxygen atoms in total. The molecule has 1 aromatic carbocycles. The van der Waals surface area contributed by atoms with E-state index in [9.17, 15) is 14.7 Å². The first kappa shape index (κ1) is 20.0. The zero-order valence-electron chi connectivity index (χ0n) is 18.1. The Morgan fingerprint density at radius 2 is 1.80 bits per heavy atom. The molecule has 5 heteroatoms. The standard InChI is InChI=1S/C25H34N2O3/c1-24-12-11-22(30)27(14-15-3-5-16(26)6-4-15)20(24)9-7-17-18-8-10-21(29)25(18,2)13-19(28)23(17)24/h3-6,17-18,20-21,23,29H,7-14,26H2,1-2H3/t17-,18-,20?,21-,23+,24-,25-/m0/s1. The van der Waals surface area contributed by atoms with Crippen LogP contribution in [0.5, 0.6) is 0 Å². The van der Waals surface area contributed by atoms with Crippen LogP contribution >= 0.6 is 0 Å². The van der Waals surface area contributed by atoms with Gasteiger partial charge in [0.2, 0.25) is 5.91 Å². The Morgan fingerprint density at radius 3 is 2.53 bits per heavy atom. The van der Waals surface area contributed by atoms with Crippen LogP contribution in [0.15, 0.2) is 24.3 Å². The molecular formula is C25H34N2O3. The number of nitrogens with two attached hydrogens (primary N) is 1. The lowest BCUT2D eigenvalue weighted by Gasteiger charge is -2.61. The van der Waals surface area contributed by atoms with Gasteiger partial charge in [-0.05, 0) is 67.1 Å². The molecule has 4 fully saturated rings. The largest absolute Gasteiger partial charge is 0.399 e. The van der Waals surface area contributed by atoms with Crippen molar-refractivity contribution in [2.45, 2.75) is 77.5 Å². The fourth-order valence-corrected chi connectivity index (χ4v) is 7.81. The van der Waals surface area contributed by atoms with E-state index in [4.69, 9.17) is 5.73 Å². The molecule has 3 saturated carbocycles. The van der Waals surface area contributed by atoms with Crippen molar-refractivity contribution in [2.75, 3.05) is 5.73 Å². The number of Topliss-reactive ketones (excluding diaryl/α,β-unsaturated/α-hetero) is 1. The number of carbonyl (C=O) groups is 2. The second-order valence-electron chi connectivity index (χ2n) is 10.9. The van der Waals surface area contributed by atoms with Gasteiger partial charge >= 0.3 is 0 Å². The molecule has 162 valence electrons. The molecule has 1 saturated heterocycles. The number of nitrogens with zero attached hydrogens (tertiary/aromatic N) is 1. The number of likely N-dealkylation sites (tertiary alicyclic amines) is 1. The molecular weight excluding hydrogens is 376 g/mol. The summed E-state index contributed by atoms with van der Waals surface area (Å²) in [7, 11) is 0. The zero-order valence-corrected chi connectivity index (χ0v) is 18.1. The van der Waals surface area contributed by atoms with Crippen LogP contribution in [-0.2, 0) is 16.1 Å². The van der Waals surface area contributed by atoms with E-state index in [1.807, 2.05) is 24.3 Å². The molecule has 30 heavy (non-hydrogen) atoms. The first-order valence-corrected chi connectivity index (χ1v) is 11.6. The number of benzene rings is 1. The Labute approximate surface area is 179 Å². The van der Waals surface area contributed by atoms with Crippen LogP contribution in [0.3, 0.4) is 0 Å². The Balaban J connectivity index is 1.46. The van der Waals surface area contributed by atoms with Gasteiger partial charge in [0, 0.05) is 42.4 Å². The summed E-state index contributed by atoms with van der Waals surface area (Å²) >= 11 is 0. The molecule has 3 N–H and O–H groups in total. The van der Waals surface area contributed by atoms with Crippen LogP contribution in [0.4, 0.5) is 5.69 Å². The van der Waals surface area contributed by atoms with E-state index in [2.05, 4.69) is 18.7 Å². The summed E-state index contributed by atoms with van der Waals surface area (Å²) in [5.74, 6) is 1.32. The summed E-state index contributed by atoms with van der Waals surface area (Å²) in [6, 6.07) is 7.87. The van der Waals surface area contributed by atoms with Gasteiger partial charge in [-0.3, -0.25) is 9.59 Å². The normalized spacial score (nSPS) is 43.2. The molecule has 1 amide bonds. The van der Waals surface area contributed by atoms with Crippen molar-refractivity contribution in [1.82, 2.24) is 4.90 Å². The molecule has 0 aromatic heterocycles. The molecule has 7 atom stereocenters. The maximum atomic E-state index is 13.5. The molecule has 0 spiro atoms. The van der Waals surface area contributed by atoms with Gasteiger partial charge in [-0.25, -0.2) is 0 Å². The van der Waals surface area contributed by atoms with E-state index in [-0.39, 0.29) is 34.8 Å². The van der Waals surface area contributed by atoms with Crippen LogP contribution in [0.25, 0.3) is 0 Å². The van der Waals surface area contributed by atoms with Crippen LogP contribution in [0.2, 0.25) is 0 Å². The second kappa shape index (κ2) is 6.81. The number of nitrogen functional groups attached to an aromatic ring is 1. The number of aliphatic hydroxyl groups is 1. The van der Waals surface area contributed by atoms with Gasteiger partial charge < -0.3 is 15.7 Å². The molecule has 1 heterocycles. The molecule has 1 aliphatic heterocycles. The number of carbonyl (C=O) groups excluding carboxylic acids is 2. The van der Waals surface area contributed by atoms with Crippen molar-refractivity contribution in [3.05, 3.63) is 29.8 Å². The van der Waals surface area contributed by atoms with Crippen molar-refractivity contribution >= 4 is 17.4 Å². The highest BCUT2D eigenvalue weighted by atomic mass is 16.3. The maximum absolute atomic E-state index is 13.5. The van der Waals surface area contributed by atoms with Crippen LogP contribution in [0, 0.1) is 28.6 Å². The van der Waals surface area contributed by atoms with Crippen LogP contribution < -0.4 is 5.73 Å². The third-order valence-electron chi connectivity index (χ3n) is 9.36. The topological polar surface area (TPSA) is 83.6 Å². The number of amides is 1. The fraction of sp³-hybridized carbons (Fsp3) is 0.680. The van der Waals surface area contributed by atoms with Crippen molar-refractivity contribution in [2.24, 2.45) is 28.6 Å². The molecule has 0 bridgehead atoms. The van der Waals surface area contributed by atoms with Crippen molar-refractivity contribution in [3.63, 3.8) is 0 Å². The van der Waals surface area contributed by atoms with Gasteiger partial charge in [-0.15, -0.1) is 0 Å². The number of aliphatic hydroxyl groups excluding tert-OH is 1. The fourth-order valence-electron chi connectivity index (χ4n) is 7.81. The van der Waals surface area contributed by atoms with Crippen molar-refractivity contribution in [1.29, 1.82) is 0 Å². The van der Waals surface area contributed by atoms with E-state index < -0.39 is 0 Å². The zero-order chi connectivity index (χ0) is 21.3. The van der Waals surface area contributed by atoms with Crippen molar-refractivity contribution < 1.29 is 14.7 Å². The molecule has 3 aliphatic carbocycles. The Kier molecular flexibility index (Phi) is 4.55. The number of hydrogen-bond donors (Lipinski definition) is 2. The van der Waals surface area contributed by atoms with Gasteiger partial charge in [0.25, 0.3) is 0 Å². The quantitative estimate of drug-likeness (QED) is 0.731. The average Bonchev–Trinajstić information content (AvgIpc) is 3.00. The highest BCUT2D eigenvalue weighted by Gasteiger charge is 2.64. The van der Waals surface area contributed by atoms with Crippen LogP contribution in [-0.4, -0.2) is 33.8 Å². The van der Waals surface area contributed by atoms with Gasteiger partial charge in [0.15, 0.2) is 0 Å². The summed E-state index contributed by atoms with van der Waals surface area (Å²) in [5, 5.41) is 10.6. The number of ketones is 1. The van der Waals surface area contributed by atoms with Gasteiger partial charge in [-0.2, -0.15) is 0 Å². The van der Waals surface area contributed by atoms with Crippen molar-refractivity contribution in [3.8, 4) is 0 Å². The minimum atomic E-state index is -0.354. The highest BCUT2D eigenvalue weighted by molar-refractivity contribution is 5.85. The summed E-state index contributed by atoms with van der Waals surface area (Å²) < 4.78 is 0. The summed E-state index contributed by atoms with van der Waals surface area (Å²) in [5.41, 5.74) is 7.22. The smallest absolute Gasteiger partial charge is 0.223 e. The van der Waals surface area contributed by atoms with E-state index in [1.54, 1.807) is 0 Å². The molecule has 1 unspecified atom stereocenters. The Hall–Kier alpha value is -1.88. The Morgan fingerprint density at radius 1 is 1.07 bits per heavy atom. The number of fused-ring (bicyclic) bond motifs is 5. The van der Waals surface area contributed by atoms with Gasteiger partial charge in [-0.1, -0.05) is 26.0 Å². The minimum Gasteiger partial charge on any atom is -0.399 e. The van der Waals surface area contributed by atoms with Crippen LogP contribution in [0.1, 0.15) is 64.4 Å². The minimum absolute atomic E-state index is 0.0154. The predicted molar refractivity (Wildman–Crippen MR) is 115 cm³/mol. The third-order valence-corrected chi connectivity index (χ3v) is 9.36. The maximum Gasteiger partial charge on any atom is 0.223 e. The molecule has 0 radical (unpaired) electrons. The van der Waals surface area contributed by atoms with Gasteiger partial charge in [0.05, 0.1) is 6.10 Å². The number of piperidine rings is 1. The number of anilines is 1. The molecule has 4 aliphatic rings. The van der Waals surface area contributed by atoms with E-state index in [1.165, 1.54) is 0 Å². The Bertz CT molecular complexity index is 868. The monoisotopic (exact) mass is 410 g/mol. The SMILES string of the molecule is C[C@]12CC(=O)[C@H]3[C@@H](CCC4N(Cc5ccc(N)cc5)C(=O)CC[C@@]43C)[C@@H]1CC[C@@H]2O. The van der Waals surface area contributed by atoms with E-state index >= 15 is 0 Å². The first-order valence-electron chi connectivity index (χ1n) is 11.6. The lowest BCUT2D eigenvalue weighted by molar-refractivity contribution is -0.173. The highest BCUT2D eigenvalue weighted by Crippen LogP contribution is 2.63. The third kappa shape index (κ3) is 2.77. The second-order valence-corrected chi connectivity index (χ2v) is 10.9. The van der Waals surface area contributed by atoms with E-state index in [0.29, 0.717) is 37.0 Å². The summed E-state index contributed by atoms with van der Waals surface area (Å²) in [4.78, 5) is 28.6. The number of rotatable bonds is 2. The lowest BCUT2D eigenvalue weighted by atomic mass is 9.47. The van der Waals surface area contributed by atoms with Gasteiger partial charge in [0.1, 0.15) is 5.78 Å². The summed E-state index contributed by atoms with van der Waals surface area (Å²) in [6.07, 6.45) is 5.24. The summed E-state index contributed by atoms with van der Waals surface area (Å²) in [6.45, 7) is 4.99. The van der Waals surface area contributed by atoms with E-state index in [0.717, 1.165) is 43.4 Å². The first-order chi connectivity index (χ1) is 14.2. The lowest BCUT2D eigenvalue weighted by Crippen LogP contribution is -2.64. The average molecular weight is 411 g/mol. The number of hydrogen-bond acceptors (Lipinski definition) is 4. The molecule has 1 aromatic rings.